The van der Waals surface area contributed by atoms with Crippen molar-refractivity contribution in [2.24, 2.45) is 5.92 Å². The Labute approximate surface area is 121 Å². The van der Waals surface area contributed by atoms with Crippen molar-refractivity contribution in [3.05, 3.63) is 23.8 Å². The number of ether oxygens (including phenoxy) is 2. The normalized spacial score (nSPS) is 18.4. The van der Waals surface area contributed by atoms with Crippen LogP contribution in [0.3, 0.4) is 0 Å². The molecule has 0 aliphatic heterocycles. The monoisotopic (exact) mass is 278 g/mol. The molecule has 3 nitrogen and oxygen atoms in total. The van der Waals surface area contributed by atoms with Gasteiger partial charge in [-0.1, -0.05) is 44.6 Å². The Balaban J connectivity index is 2.02. The molecule has 1 N–H and O–H groups in total. The van der Waals surface area contributed by atoms with Crippen LogP contribution in [0.25, 0.3) is 0 Å². The Kier molecular flexibility index (Phi) is 5.72. The van der Waals surface area contributed by atoms with E-state index >= 15 is 0 Å². The minimum absolute atomic E-state index is 0.405. The van der Waals surface area contributed by atoms with Gasteiger partial charge >= 0.3 is 0 Å². The number of methoxy groups -OCH3 is 2. The van der Waals surface area contributed by atoms with E-state index in [1.54, 1.807) is 14.2 Å². The van der Waals surface area contributed by atoms with Gasteiger partial charge in [-0.25, -0.2) is 0 Å². The van der Waals surface area contributed by atoms with Gasteiger partial charge in [-0.15, -0.1) is 0 Å². The zero-order valence-electron chi connectivity index (χ0n) is 12.6. The molecule has 0 bridgehead atoms. The molecule has 1 unspecified atom stereocenters. The Morgan fingerprint density at radius 3 is 2.30 bits per heavy atom. The van der Waals surface area contributed by atoms with Crippen LogP contribution >= 0.6 is 0 Å². The number of aliphatic hydroxyl groups excluding tert-OH is 1. The molecule has 1 aromatic rings. The first-order valence-electron chi connectivity index (χ1n) is 7.64. The van der Waals surface area contributed by atoms with E-state index in [1.165, 1.54) is 38.5 Å². The number of aliphatic hydroxyl groups is 1. The van der Waals surface area contributed by atoms with Gasteiger partial charge in [0.25, 0.3) is 0 Å². The minimum atomic E-state index is -0.405. The molecule has 0 spiro atoms. The average molecular weight is 278 g/mol. The van der Waals surface area contributed by atoms with Crippen LogP contribution in [-0.4, -0.2) is 19.3 Å². The summed E-state index contributed by atoms with van der Waals surface area (Å²) in [5.41, 5.74) is 0.923. The fourth-order valence-electron chi connectivity index (χ4n) is 3.11. The summed E-state index contributed by atoms with van der Waals surface area (Å²) < 4.78 is 10.5. The van der Waals surface area contributed by atoms with E-state index in [0.717, 1.165) is 12.0 Å². The highest BCUT2D eigenvalue weighted by atomic mass is 16.5. The van der Waals surface area contributed by atoms with Crippen LogP contribution in [-0.2, 0) is 0 Å². The second-order valence-corrected chi connectivity index (χ2v) is 5.72. The summed E-state index contributed by atoms with van der Waals surface area (Å²) in [4.78, 5) is 0. The van der Waals surface area contributed by atoms with E-state index in [4.69, 9.17) is 9.47 Å². The molecule has 1 atom stereocenters. The molecule has 3 heteroatoms. The van der Waals surface area contributed by atoms with Crippen molar-refractivity contribution >= 4 is 0 Å². The largest absolute Gasteiger partial charge is 0.493 e. The molecule has 1 aliphatic carbocycles. The molecule has 1 fully saturated rings. The van der Waals surface area contributed by atoms with Crippen molar-refractivity contribution in [3.63, 3.8) is 0 Å². The molecule has 0 heterocycles. The van der Waals surface area contributed by atoms with Crippen LogP contribution in [0.1, 0.15) is 56.6 Å². The summed E-state index contributed by atoms with van der Waals surface area (Å²) in [6.07, 6.45) is 8.28. The van der Waals surface area contributed by atoms with E-state index in [0.29, 0.717) is 17.4 Å². The fraction of sp³-hybridized carbons (Fsp3) is 0.647. The van der Waals surface area contributed by atoms with E-state index in [9.17, 15) is 5.11 Å². The molecule has 2 rings (SSSR count). The molecule has 0 aromatic heterocycles. The molecule has 20 heavy (non-hydrogen) atoms. The lowest BCUT2D eigenvalue weighted by atomic mass is 9.91. The molecule has 1 saturated carbocycles. The lowest BCUT2D eigenvalue weighted by Crippen LogP contribution is -2.07. The maximum atomic E-state index is 10.5. The quantitative estimate of drug-likeness (QED) is 0.824. The summed E-state index contributed by atoms with van der Waals surface area (Å²) in [5, 5.41) is 10.5. The van der Waals surface area contributed by atoms with E-state index < -0.39 is 6.10 Å². The molecule has 0 radical (unpaired) electrons. The van der Waals surface area contributed by atoms with Crippen LogP contribution in [0.15, 0.2) is 18.2 Å². The van der Waals surface area contributed by atoms with Gasteiger partial charge in [0.05, 0.1) is 20.3 Å². The summed E-state index contributed by atoms with van der Waals surface area (Å²) in [7, 11) is 3.25. The number of benzene rings is 1. The number of hydrogen-bond donors (Lipinski definition) is 1. The standard InChI is InChI=1S/C17H26O3/c1-19-16-10-9-14(12-17(16)20-2)15(18)11-13-7-5-3-4-6-8-13/h9-10,12-13,15,18H,3-8,11H2,1-2H3. The summed E-state index contributed by atoms with van der Waals surface area (Å²) in [5.74, 6) is 2.04. The predicted molar refractivity (Wildman–Crippen MR) is 80.3 cm³/mol. The molecule has 0 saturated heterocycles. The van der Waals surface area contributed by atoms with Gasteiger partial charge in [-0.3, -0.25) is 0 Å². The number of rotatable bonds is 5. The Morgan fingerprint density at radius 1 is 1.05 bits per heavy atom. The van der Waals surface area contributed by atoms with Crippen LogP contribution in [0.2, 0.25) is 0 Å². The first-order valence-corrected chi connectivity index (χ1v) is 7.64. The highest BCUT2D eigenvalue weighted by Gasteiger charge is 2.19. The van der Waals surface area contributed by atoms with Crippen molar-refractivity contribution in [2.45, 2.75) is 51.0 Å². The SMILES string of the molecule is COc1ccc(C(O)CC2CCCCCC2)cc1OC. The lowest BCUT2D eigenvalue weighted by molar-refractivity contribution is 0.138. The summed E-state index contributed by atoms with van der Waals surface area (Å²) in [6, 6.07) is 5.69. The molecule has 0 amide bonds. The van der Waals surface area contributed by atoms with E-state index in [2.05, 4.69) is 0 Å². The highest BCUT2D eigenvalue weighted by molar-refractivity contribution is 5.43. The third-order valence-electron chi connectivity index (χ3n) is 4.32. The summed E-state index contributed by atoms with van der Waals surface area (Å²) >= 11 is 0. The van der Waals surface area contributed by atoms with Gasteiger partial charge in [-0.2, -0.15) is 0 Å². The first kappa shape index (κ1) is 15.2. The van der Waals surface area contributed by atoms with Crippen LogP contribution in [0.5, 0.6) is 11.5 Å². The van der Waals surface area contributed by atoms with E-state index in [1.807, 2.05) is 18.2 Å². The van der Waals surface area contributed by atoms with Gasteiger partial charge in [0.15, 0.2) is 11.5 Å². The maximum absolute atomic E-state index is 10.5. The average Bonchev–Trinajstić information content (AvgIpc) is 2.75. The van der Waals surface area contributed by atoms with Gasteiger partial charge in [0, 0.05) is 0 Å². The first-order chi connectivity index (χ1) is 9.74. The molecular formula is C17H26O3. The zero-order valence-corrected chi connectivity index (χ0v) is 12.6. The third kappa shape index (κ3) is 3.89. The second-order valence-electron chi connectivity index (χ2n) is 5.72. The van der Waals surface area contributed by atoms with Gasteiger partial charge in [0.1, 0.15) is 0 Å². The topological polar surface area (TPSA) is 38.7 Å². The van der Waals surface area contributed by atoms with Crippen molar-refractivity contribution in [1.29, 1.82) is 0 Å². The van der Waals surface area contributed by atoms with Crippen LogP contribution in [0, 0.1) is 5.92 Å². The second kappa shape index (κ2) is 7.53. The third-order valence-corrected chi connectivity index (χ3v) is 4.32. The minimum Gasteiger partial charge on any atom is -0.493 e. The fourth-order valence-corrected chi connectivity index (χ4v) is 3.11. The Hall–Kier alpha value is -1.22. The summed E-state index contributed by atoms with van der Waals surface area (Å²) in [6.45, 7) is 0. The van der Waals surface area contributed by atoms with Gasteiger partial charge in [-0.05, 0) is 30.0 Å². The molecule has 112 valence electrons. The zero-order chi connectivity index (χ0) is 14.4. The molecule has 1 aromatic carbocycles. The Bertz CT molecular complexity index is 409. The van der Waals surface area contributed by atoms with Crippen molar-refractivity contribution < 1.29 is 14.6 Å². The maximum Gasteiger partial charge on any atom is 0.161 e. The van der Waals surface area contributed by atoms with Crippen LogP contribution in [0.4, 0.5) is 0 Å². The molecule has 1 aliphatic rings. The van der Waals surface area contributed by atoms with Crippen molar-refractivity contribution in [2.75, 3.05) is 14.2 Å². The number of hydrogen-bond acceptors (Lipinski definition) is 3. The predicted octanol–water partition coefficient (Wildman–Crippen LogP) is 4.10. The highest BCUT2D eigenvalue weighted by Crippen LogP contribution is 2.34. The van der Waals surface area contributed by atoms with Crippen LogP contribution < -0.4 is 9.47 Å². The molecular weight excluding hydrogens is 252 g/mol. The Morgan fingerprint density at radius 2 is 1.70 bits per heavy atom. The van der Waals surface area contributed by atoms with Crippen molar-refractivity contribution in [3.8, 4) is 11.5 Å². The van der Waals surface area contributed by atoms with Gasteiger partial charge in [0.2, 0.25) is 0 Å². The lowest BCUT2D eigenvalue weighted by Gasteiger charge is -2.19. The van der Waals surface area contributed by atoms with Gasteiger partial charge < -0.3 is 14.6 Å². The smallest absolute Gasteiger partial charge is 0.161 e. The van der Waals surface area contributed by atoms with E-state index in [-0.39, 0.29) is 0 Å². The van der Waals surface area contributed by atoms with Crippen molar-refractivity contribution in [1.82, 2.24) is 0 Å².